The molecule has 0 aliphatic carbocycles. The van der Waals surface area contributed by atoms with Crippen LogP contribution in [0.3, 0.4) is 0 Å². The van der Waals surface area contributed by atoms with Crippen LogP contribution in [0.2, 0.25) is 0 Å². The number of carbonyl (C=O) groups is 1. The Bertz CT molecular complexity index is 489. The van der Waals surface area contributed by atoms with E-state index in [1.165, 1.54) is 6.33 Å². The summed E-state index contributed by atoms with van der Waals surface area (Å²) in [6.45, 7) is 3.33. The molecule has 2 aromatic heterocycles. The molecule has 1 amide bonds. The molecule has 7 nitrogen and oxygen atoms in total. The van der Waals surface area contributed by atoms with Crippen molar-refractivity contribution < 1.29 is 4.79 Å². The lowest BCUT2D eigenvalue weighted by Gasteiger charge is -2.13. The highest BCUT2D eigenvalue weighted by atomic mass is 16.2. The number of carbonyl (C=O) groups excluding carboxylic acids is 1. The molecule has 17 heavy (non-hydrogen) atoms. The summed E-state index contributed by atoms with van der Waals surface area (Å²) in [7, 11) is 1.72. The zero-order valence-electron chi connectivity index (χ0n) is 9.79. The number of H-pyrrole nitrogens is 1. The molecule has 0 saturated heterocycles. The van der Waals surface area contributed by atoms with Crippen LogP contribution in [0, 0.1) is 0 Å². The number of aryl methyl sites for hydroxylation is 1. The van der Waals surface area contributed by atoms with Crippen molar-refractivity contribution >= 4 is 5.91 Å². The molecule has 0 aliphatic rings. The van der Waals surface area contributed by atoms with Gasteiger partial charge in [-0.1, -0.05) is 0 Å². The van der Waals surface area contributed by atoms with E-state index in [1.807, 2.05) is 17.8 Å². The molecule has 2 aromatic rings. The molecule has 0 spiro atoms. The molecule has 0 bridgehead atoms. The molecule has 7 heteroatoms. The van der Waals surface area contributed by atoms with Gasteiger partial charge in [0, 0.05) is 31.9 Å². The molecule has 0 unspecified atom stereocenters. The fourth-order valence-corrected chi connectivity index (χ4v) is 1.50. The number of hydrogen-bond donors (Lipinski definition) is 1. The fraction of sp³-hybridized carbons (Fsp3) is 0.400. The second-order valence-electron chi connectivity index (χ2n) is 3.70. The SMILES string of the molecule is CCn1cc(CN(C)C(=O)c2ncn[nH]2)cn1. The summed E-state index contributed by atoms with van der Waals surface area (Å²) < 4.78 is 1.82. The molecule has 1 N–H and O–H groups in total. The predicted molar refractivity (Wildman–Crippen MR) is 60.1 cm³/mol. The molecule has 0 atom stereocenters. The van der Waals surface area contributed by atoms with E-state index >= 15 is 0 Å². The van der Waals surface area contributed by atoms with Crippen molar-refractivity contribution in [3.8, 4) is 0 Å². The maximum atomic E-state index is 11.9. The number of rotatable bonds is 4. The van der Waals surface area contributed by atoms with Crippen molar-refractivity contribution in [3.05, 3.63) is 30.1 Å². The van der Waals surface area contributed by atoms with Crippen molar-refractivity contribution in [1.29, 1.82) is 0 Å². The number of aromatic nitrogens is 5. The monoisotopic (exact) mass is 234 g/mol. The quantitative estimate of drug-likeness (QED) is 0.824. The van der Waals surface area contributed by atoms with Crippen LogP contribution in [-0.4, -0.2) is 42.8 Å². The van der Waals surface area contributed by atoms with Crippen molar-refractivity contribution in [2.75, 3.05) is 7.05 Å². The van der Waals surface area contributed by atoms with Crippen LogP contribution < -0.4 is 0 Å². The van der Waals surface area contributed by atoms with E-state index in [2.05, 4.69) is 20.3 Å². The molecular formula is C10H14N6O. The highest BCUT2D eigenvalue weighted by Crippen LogP contribution is 2.04. The maximum Gasteiger partial charge on any atom is 0.291 e. The Morgan fingerprint density at radius 1 is 1.59 bits per heavy atom. The number of hydrogen-bond acceptors (Lipinski definition) is 4. The number of nitrogens with one attached hydrogen (secondary N) is 1. The van der Waals surface area contributed by atoms with Gasteiger partial charge in [0.15, 0.2) is 0 Å². The third-order valence-corrected chi connectivity index (χ3v) is 2.39. The molecule has 0 aliphatic heterocycles. The molecule has 0 fully saturated rings. The first-order chi connectivity index (χ1) is 8.20. The summed E-state index contributed by atoms with van der Waals surface area (Å²) in [4.78, 5) is 17.2. The van der Waals surface area contributed by atoms with Crippen molar-refractivity contribution in [1.82, 2.24) is 29.9 Å². The normalized spacial score (nSPS) is 10.5. The van der Waals surface area contributed by atoms with Gasteiger partial charge in [0.2, 0.25) is 5.82 Å². The van der Waals surface area contributed by atoms with Gasteiger partial charge in [-0.15, -0.1) is 0 Å². The van der Waals surface area contributed by atoms with Crippen LogP contribution in [0.25, 0.3) is 0 Å². The van der Waals surface area contributed by atoms with Gasteiger partial charge >= 0.3 is 0 Å². The van der Waals surface area contributed by atoms with Crippen LogP contribution in [-0.2, 0) is 13.1 Å². The van der Waals surface area contributed by atoms with E-state index in [9.17, 15) is 4.79 Å². The number of nitrogens with zero attached hydrogens (tertiary/aromatic N) is 5. The van der Waals surface area contributed by atoms with Crippen LogP contribution in [0.15, 0.2) is 18.7 Å². The van der Waals surface area contributed by atoms with E-state index in [0.29, 0.717) is 6.54 Å². The molecule has 2 rings (SSSR count). The first-order valence-electron chi connectivity index (χ1n) is 5.33. The van der Waals surface area contributed by atoms with E-state index < -0.39 is 0 Å². The van der Waals surface area contributed by atoms with E-state index in [1.54, 1.807) is 18.1 Å². The van der Waals surface area contributed by atoms with E-state index in [4.69, 9.17) is 0 Å². The third kappa shape index (κ3) is 2.49. The summed E-state index contributed by atoms with van der Waals surface area (Å²) in [5, 5.41) is 10.3. The standard InChI is InChI=1S/C10H14N6O/c1-3-16-6-8(4-13-16)5-15(2)10(17)9-11-7-12-14-9/h4,6-7H,3,5H2,1-2H3,(H,11,12,14). The summed E-state index contributed by atoms with van der Waals surface area (Å²) in [6, 6.07) is 0. The zero-order chi connectivity index (χ0) is 12.3. The van der Waals surface area contributed by atoms with Crippen LogP contribution in [0.4, 0.5) is 0 Å². The Hall–Kier alpha value is -2.18. The fourth-order valence-electron chi connectivity index (χ4n) is 1.50. The van der Waals surface area contributed by atoms with Crippen molar-refractivity contribution in [2.45, 2.75) is 20.0 Å². The van der Waals surface area contributed by atoms with Gasteiger partial charge in [-0.3, -0.25) is 14.6 Å². The average Bonchev–Trinajstić information content (AvgIpc) is 2.98. The first-order valence-corrected chi connectivity index (χ1v) is 5.33. The van der Waals surface area contributed by atoms with Gasteiger partial charge in [-0.2, -0.15) is 10.2 Å². The molecule has 0 saturated carbocycles. The van der Waals surface area contributed by atoms with Gasteiger partial charge in [-0.25, -0.2) is 4.98 Å². The Kier molecular flexibility index (Phi) is 3.17. The minimum Gasteiger partial charge on any atom is -0.335 e. The van der Waals surface area contributed by atoms with Gasteiger partial charge in [-0.05, 0) is 6.92 Å². The number of amides is 1. The van der Waals surface area contributed by atoms with Crippen LogP contribution in [0.5, 0.6) is 0 Å². The molecule has 90 valence electrons. The Morgan fingerprint density at radius 2 is 2.41 bits per heavy atom. The Labute approximate surface area is 98.5 Å². The second-order valence-corrected chi connectivity index (χ2v) is 3.70. The summed E-state index contributed by atoms with van der Waals surface area (Å²) >= 11 is 0. The van der Waals surface area contributed by atoms with Gasteiger partial charge < -0.3 is 4.90 Å². The largest absolute Gasteiger partial charge is 0.335 e. The van der Waals surface area contributed by atoms with Gasteiger partial charge in [0.25, 0.3) is 5.91 Å². The Balaban J connectivity index is 2.01. The minimum absolute atomic E-state index is 0.188. The van der Waals surface area contributed by atoms with Crippen LogP contribution >= 0.6 is 0 Å². The molecular weight excluding hydrogens is 220 g/mol. The molecule has 2 heterocycles. The lowest BCUT2D eigenvalue weighted by molar-refractivity contribution is 0.0773. The average molecular weight is 234 g/mol. The minimum atomic E-state index is -0.188. The van der Waals surface area contributed by atoms with Crippen molar-refractivity contribution in [3.63, 3.8) is 0 Å². The maximum absolute atomic E-state index is 11.9. The number of aromatic amines is 1. The first kappa shape index (κ1) is 11.3. The van der Waals surface area contributed by atoms with E-state index in [0.717, 1.165) is 12.1 Å². The highest BCUT2D eigenvalue weighted by Gasteiger charge is 2.15. The summed E-state index contributed by atoms with van der Waals surface area (Å²) in [5.74, 6) is 0.0575. The Morgan fingerprint density at radius 3 is 3.00 bits per heavy atom. The zero-order valence-corrected chi connectivity index (χ0v) is 9.79. The van der Waals surface area contributed by atoms with E-state index in [-0.39, 0.29) is 11.7 Å². The van der Waals surface area contributed by atoms with Gasteiger partial charge in [0.1, 0.15) is 6.33 Å². The predicted octanol–water partition coefficient (Wildman–Crippen LogP) is 0.293. The molecule has 0 aromatic carbocycles. The summed E-state index contributed by atoms with van der Waals surface area (Å²) in [6.07, 6.45) is 4.99. The lowest BCUT2D eigenvalue weighted by Crippen LogP contribution is -2.27. The smallest absolute Gasteiger partial charge is 0.291 e. The van der Waals surface area contributed by atoms with Gasteiger partial charge in [0.05, 0.1) is 6.20 Å². The summed E-state index contributed by atoms with van der Waals surface area (Å²) in [5.41, 5.74) is 0.988. The third-order valence-electron chi connectivity index (χ3n) is 2.39. The van der Waals surface area contributed by atoms with Crippen molar-refractivity contribution in [2.24, 2.45) is 0 Å². The molecule has 0 radical (unpaired) electrons. The highest BCUT2D eigenvalue weighted by molar-refractivity contribution is 5.90. The van der Waals surface area contributed by atoms with Crippen LogP contribution in [0.1, 0.15) is 23.1 Å². The lowest BCUT2D eigenvalue weighted by atomic mass is 10.3. The second kappa shape index (κ2) is 4.77. The topological polar surface area (TPSA) is 79.7 Å².